The molecule has 1 aromatic carbocycles. The number of carbonyl (C=O) groups is 1. The minimum atomic E-state index is -0.0209. The first-order valence-electron chi connectivity index (χ1n) is 5.47. The normalized spacial score (nSPS) is 10.7. The van der Waals surface area contributed by atoms with Crippen molar-refractivity contribution in [3.63, 3.8) is 0 Å². The van der Waals surface area contributed by atoms with E-state index in [9.17, 15) is 4.79 Å². The topological polar surface area (TPSA) is 45.8 Å². The van der Waals surface area contributed by atoms with Crippen LogP contribution < -0.4 is 0 Å². The van der Waals surface area contributed by atoms with Crippen LogP contribution >= 0.6 is 15.9 Å². The van der Waals surface area contributed by atoms with Crippen molar-refractivity contribution in [1.82, 2.24) is 9.97 Å². The molecule has 3 nitrogen and oxygen atoms in total. The largest absolute Gasteiger partial charge is 0.360 e. The molecule has 0 amide bonds. The number of aromatic nitrogens is 2. The quantitative estimate of drug-likeness (QED) is 0.736. The summed E-state index contributed by atoms with van der Waals surface area (Å²) in [5.74, 6) is -0.0209. The summed E-state index contributed by atoms with van der Waals surface area (Å²) < 4.78 is 0.954. The molecule has 0 radical (unpaired) electrons. The van der Waals surface area contributed by atoms with E-state index in [0.29, 0.717) is 11.1 Å². The van der Waals surface area contributed by atoms with E-state index in [0.717, 1.165) is 15.4 Å². The number of aromatic amines is 1. The van der Waals surface area contributed by atoms with E-state index < -0.39 is 0 Å². The van der Waals surface area contributed by atoms with Crippen LogP contribution in [0.1, 0.15) is 15.9 Å². The van der Waals surface area contributed by atoms with Crippen molar-refractivity contribution in [2.24, 2.45) is 0 Å². The molecule has 2 aromatic heterocycles. The van der Waals surface area contributed by atoms with Gasteiger partial charge in [-0.25, -0.2) is 0 Å². The number of nitrogens with zero attached hydrogens (tertiary/aromatic N) is 1. The zero-order chi connectivity index (χ0) is 12.5. The number of pyridine rings is 1. The molecule has 0 atom stereocenters. The zero-order valence-electron chi connectivity index (χ0n) is 9.35. The SMILES string of the molecule is O=C(c1cccnc1)c1c[nH]c2ccc(Br)cc12. The number of hydrogen-bond acceptors (Lipinski definition) is 2. The van der Waals surface area contributed by atoms with E-state index in [1.807, 2.05) is 18.2 Å². The number of fused-ring (bicyclic) bond motifs is 1. The molecule has 0 spiro atoms. The van der Waals surface area contributed by atoms with Crippen LogP contribution in [-0.4, -0.2) is 15.8 Å². The van der Waals surface area contributed by atoms with E-state index in [4.69, 9.17) is 0 Å². The monoisotopic (exact) mass is 300 g/mol. The van der Waals surface area contributed by atoms with Crippen LogP contribution in [0.5, 0.6) is 0 Å². The second-order valence-electron chi connectivity index (χ2n) is 3.96. The van der Waals surface area contributed by atoms with Crippen molar-refractivity contribution in [3.05, 3.63) is 64.5 Å². The lowest BCUT2D eigenvalue weighted by atomic mass is 10.0. The summed E-state index contributed by atoms with van der Waals surface area (Å²) in [6.45, 7) is 0. The molecule has 0 bridgehead atoms. The molecule has 1 N–H and O–H groups in total. The summed E-state index contributed by atoms with van der Waals surface area (Å²) >= 11 is 3.42. The molecule has 18 heavy (non-hydrogen) atoms. The first-order chi connectivity index (χ1) is 8.75. The van der Waals surface area contributed by atoms with Crippen LogP contribution in [0.4, 0.5) is 0 Å². The Kier molecular flexibility index (Phi) is 2.72. The standard InChI is InChI=1S/C14H9BrN2O/c15-10-3-4-13-11(6-10)12(8-17-13)14(18)9-2-1-5-16-7-9/h1-8,17H. The first-order valence-corrected chi connectivity index (χ1v) is 6.26. The average Bonchev–Trinajstić information content (AvgIpc) is 2.82. The lowest BCUT2D eigenvalue weighted by Crippen LogP contribution is -2.00. The van der Waals surface area contributed by atoms with Gasteiger partial charge in [0, 0.05) is 45.1 Å². The van der Waals surface area contributed by atoms with Crippen LogP contribution in [0.3, 0.4) is 0 Å². The predicted octanol–water partition coefficient (Wildman–Crippen LogP) is 3.56. The fourth-order valence-corrected chi connectivity index (χ4v) is 2.29. The highest BCUT2D eigenvalue weighted by Crippen LogP contribution is 2.24. The van der Waals surface area contributed by atoms with Crippen LogP contribution in [0.25, 0.3) is 10.9 Å². The summed E-state index contributed by atoms with van der Waals surface area (Å²) in [4.78, 5) is 19.4. The third kappa shape index (κ3) is 1.84. The Hall–Kier alpha value is -1.94. The highest BCUT2D eigenvalue weighted by Gasteiger charge is 2.14. The second-order valence-corrected chi connectivity index (χ2v) is 4.88. The fourth-order valence-electron chi connectivity index (χ4n) is 1.93. The molecule has 88 valence electrons. The molecule has 0 fully saturated rings. The molecule has 0 unspecified atom stereocenters. The minimum absolute atomic E-state index is 0.0209. The minimum Gasteiger partial charge on any atom is -0.360 e. The summed E-state index contributed by atoms with van der Waals surface area (Å²) in [5.41, 5.74) is 2.21. The molecule has 0 aliphatic carbocycles. The number of hydrogen-bond donors (Lipinski definition) is 1. The zero-order valence-corrected chi connectivity index (χ0v) is 10.9. The van der Waals surface area contributed by atoms with Crippen molar-refractivity contribution in [1.29, 1.82) is 0 Å². The highest BCUT2D eigenvalue weighted by molar-refractivity contribution is 9.10. The number of halogens is 1. The van der Waals surface area contributed by atoms with Crippen molar-refractivity contribution >= 4 is 32.6 Å². The average molecular weight is 301 g/mol. The van der Waals surface area contributed by atoms with Gasteiger partial charge in [-0.1, -0.05) is 15.9 Å². The lowest BCUT2D eigenvalue weighted by molar-refractivity contribution is 0.104. The smallest absolute Gasteiger partial charge is 0.196 e. The number of benzene rings is 1. The molecule has 0 aliphatic heterocycles. The Morgan fingerprint density at radius 1 is 1.28 bits per heavy atom. The van der Waals surface area contributed by atoms with Crippen molar-refractivity contribution in [3.8, 4) is 0 Å². The van der Waals surface area contributed by atoms with Crippen LogP contribution in [-0.2, 0) is 0 Å². The van der Waals surface area contributed by atoms with Crippen LogP contribution in [0.2, 0.25) is 0 Å². The molecule has 0 saturated carbocycles. The number of rotatable bonds is 2. The van der Waals surface area contributed by atoms with Gasteiger partial charge in [-0.05, 0) is 30.3 Å². The molecule has 0 saturated heterocycles. The molecular formula is C14H9BrN2O. The van der Waals surface area contributed by atoms with Gasteiger partial charge in [-0.15, -0.1) is 0 Å². The summed E-state index contributed by atoms with van der Waals surface area (Å²) in [6, 6.07) is 9.36. The maximum atomic E-state index is 12.4. The third-order valence-electron chi connectivity index (χ3n) is 2.81. The number of carbonyl (C=O) groups excluding carboxylic acids is 1. The van der Waals surface area contributed by atoms with Gasteiger partial charge in [0.25, 0.3) is 0 Å². The summed E-state index contributed by atoms with van der Waals surface area (Å²) in [5, 5.41) is 0.915. The van der Waals surface area contributed by atoms with Gasteiger partial charge in [-0.2, -0.15) is 0 Å². The van der Waals surface area contributed by atoms with Crippen molar-refractivity contribution in [2.45, 2.75) is 0 Å². The Morgan fingerprint density at radius 2 is 2.17 bits per heavy atom. The van der Waals surface area contributed by atoms with Gasteiger partial charge in [-0.3, -0.25) is 9.78 Å². The van der Waals surface area contributed by atoms with Gasteiger partial charge >= 0.3 is 0 Å². The molecule has 2 heterocycles. The van der Waals surface area contributed by atoms with E-state index >= 15 is 0 Å². The maximum absolute atomic E-state index is 12.4. The third-order valence-corrected chi connectivity index (χ3v) is 3.31. The van der Waals surface area contributed by atoms with Crippen molar-refractivity contribution in [2.75, 3.05) is 0 Å². The first kappa shape index (κ1) is 11.2. The van der Waals surface area contributed by atoms with E-state index in [1.54, 1.807) is 30.7 Å². The van der Waals surface area contributed by atoms with Crippen molar-refractivity contribution < 1.29 is 4.79 Å². The Morgan fingerprint density at radius 3 is 2.94 bits per heavy atom. The molecule has 3 aromatic rings. The Balaban J connectivity index is 2.15. The van der Waals surface area contributed by atoms with E-state index in [1.165, 1.54) is 0 Å². The molecule has 3 rings (SSSR count). The number of H-pyrrole nitrogens is 1. The second kappa shape index (κ2) is 4.38. The number of ketones is 1. The maximum Gasteiger partial charge on any atom is 0.196 e. The molecule has 4 heteroatoms. The van der Waals surface area contributed by atoms with Crippen LogP contribution in [0, 0.1) is 0 Å². The van der Waals surface area contributed by atoms with E-state index in [2.05, 4.69) is 25.9 Å². The Bertz CT molecular complexity index is 719. The van der Waals surface area contributed by atoms with Gasteiger partial charge < -0.3 is 4.98 Å². The highest BCUT2D eigenvalue weighted by atomic mass is 79.9. The summed E-state index contributed by atoms with van der Waals surface area (Å²) in [7, 11) is 0. The molecular weight excluding hydrogens is 292 g/mol. The van der Waals surface area contributed by atoms with Gasteiger partial charge in [0.15, 0.2) is 5.78 Å². The van der Waals surface area contributed by atoms with Crippen LogP contribution in [0.15, 0.2) is 53.4 Å². The van der Waals surface area contributed by atoms with E-state index in [-0.39, 0.29) is 5.78 Å². The lowest BCUT2D eigenvalue weighted by Gasteiger charge is -1.99. The summed E-state index contributed by atoms with van der Waals surface area (Å²) in [6.07, 6.45) is 4.98. The number of nitrogens with one attached hydrogen (secondary N) is 1. The van der Waals surface area contributed by atoms with Gasteiger partial charge in [0.2, 0.25) is 0 Å². The van der Waals surface area contributed by atoms with Gasteiger partial charge in [0.05, 0.1) is 0 Å². The predicted molar refractivity (Wildman–Crippen MR) is 73.7 cm³/mol. The Labute approximate surface area is 112 Å². The van der Waals surface area contributed by atoms with Gasteiger partial charge in [0.1, 0.15) is 0 Å². The molecule has 0 aliphatic rings. The fraction of sp³-hybridized carbons (Fsp3) is 0.